The lowest BCUT2D eigenvalue weighted by molar-refractivity contribution is -0.113. The van der Waals surface area contributed by atoms with Crippen molar-refractivity contribution in [2.45, 2.75) is 12.8 Å². The van der Waals surface area contributed by atoms with E-state index in [-0.39, 0.29) is 17.8 Å². The van der Waals surface area contributed by atoms with Gasteiger partial charge in [-0.1, -0.05) is 6.07 Å². The number of hydrogen-bond acceptors (Lipinski definition) is 6. The Balaban J connectivity index is 1.58. The fraction of sp³-hybridized carbons (Fsp3) is 0.353. The van der Waals surface area contributed by atoms with Crippen molar-refractivity contribution in [2.24, 2.45) is 4.99 Å². The lowest BCUT2D eigenvalue weighted by atomic mass is 10.1. The number of ketones is 1. The number of morpholine rings is 1. The Morgan fingerprint density at radius 1 is 1.25 bits per heavy atom. The molecule has 6 nitrogen and oxygen atoms in total. The third-order valence-corrected chi connectivity index (χ3v) is 4.04. The predicted octanol–water partition coefficient (Wildman–Crippen LogP) is 2.10. The molecule has 124 valence electrons. The Kier molecular flexibility index (Phi) is 3.86. The first kappa shape index (κ1) is 15.0. The fourth-order valence-electron chi connectivity index (χ4n) is 2.90. The number of carbonyl (C=O) groups excluding carboxylic acids is 1. The second-order valence-corrected chi connectivity index (χ2v) is 5.80. The third-order valence-electron chi connectivity index (χ3n) is 4.04. The summed E-state index contributed by atoms with van der Waals surface area (Å²) < 4.78 is 24.5. The molecule has 0 saturated carbocycles. The highest BCUT2D eigenvalue weighted by molar-refractivity contribution is 6.09. The van der Waals surface area contributed by atoms with Gasteiger partial charge in [-0.2, -0.15) is 0 Å². The van der Waals surface area contributed by atoms with Gasteiger partial charge in [0.05, 0.1) is 19.6 Å². The Labute approximate surface area is 137 Å². The summed E-state index contributed by atoms with van der Waals surface area (Å²) in [6.07, 6.45) is 2.09. The van der Waals surface area contributed by atoms with Gasteiger partial charge in [0, 0.05) is 31.3 Å². The predicted molar refractivity (Wildman–Crippen MR) is 85.2 cm³/mol. The van der Waals surface area contributed by atoms with E-state index in [4.69, 9.17) is 9.15 Å². The van der Waals surface area contributed by atoms with Crippen LogP contribution in [-0.2, 0) is 16.0 Å². The van der Waals surface area contributed by atoms with E-state index in [1.165, 1.54) is 6.07 Å². The number of carbonyl (C=O) groups is 1. The van der Waals surface area contributed by atoms with Crippen molar-refractivity contribution in [2.75, 3.05) is 26.3 Å². The van der Waals surface area contributed by atoms with Gasteiger partial charge >= 0.3 is 0 Å². The summed E-state index contributed by atoms with van der Waals surface area (Å²) in [6, 6.07) is 4.61. The standard InChI is InChI=1S/C17H16FN3O3/c18-13-2-1-3-14-17(13)24-16(20-14)9-11-8-12(22)10-15(19-11)21-4-6-23-7-5-21/h1-3,10H,4-9H2. The van der Waals surface area contributed by atoms with E-state index in [2.05, 4.69) is 9.98 Å². The summed E-state index contributed by atoms with van der Waals surface area (Å²) in [7, 11) is 0. The summed E-state index contributed by atoms with van der Waals surface area (Å²) in [4.78, 5) is 22.9. The average molecular weight is 329 g/mol. The SMILES string of the molecule is O=C1C=C(N2CCOCC2)N=C(Cc2nc3cccc(F)c3o2)C1. The highest BCUT2D eigenvalue weighted by Gasteiger charge is 2.21. The lowest BCUT2D eigenvalue weighted by Gasteiger charge is -2.30. The highest BCUT2D eigenvalue weighted by Crippen LogP contribution is 2.21. The van der Waals surface area contributed by atoms with E-state index in [9.17, 15) is 9.18 Å². The number of rotatable bonds is 3. The summed E-state index contributed by atoms with van der Waals surface area (Å²) in [5, 5.41) is 0. The maximum atomic E-state index is 13.7. The van der Waals surface area contributed by atoms with E-state index in [0.29, 0.717) is 55.7 Å². The van der Waals surface area contributed by atoms with Crippen LogP contribution >= 0.6 is 0 Å². The van der Waals surface area contributed by atoms with Crippen LogP contribution in [0.1, 0.15) is 12.3 Å². The Hall–Kier alpha value is -2.54. The molecule has 4 rings (SSSR count). The van der Waals surface area contributed by atoms with Crippen LogP contribution in [-0.4, -0.2) is 47.7 Å². The van der Waals surface area contributed by atoms with Crippen LogP contribution in [0.15, 0.2) is 39.5 Å². The summed E-state index contributed by atoms with van der Waals surface area (Å²) in [6.45, 7) is 2.68. The van der Waals surface area contributed by atoms with E-state index < -0.39 is 5.82 Å². The van der Waals surface area contributed by atoms with Crippen LogP contribution in [0.3, 0.4) is 0 Å². The van der Waals surface area contributed by atoms with Crippen LogP contribution in [0.2, 0.25) is 0 Å². The van der Waals surface area contributed by atoms with Gasteiger partial charge in [-0.15, -0.1) is 0 Å². The number of hydrogen-bond donors (Lipinski definition) is 0. The van der Waals surface area contributed by atoms with Crippen LogP contribution in [0.25, 0.3) is 11.1 Å². The largest absolute Gasteiger partial charge is 0.437 e. The number of nitrogens with zero attached hydrogens (tertiary/aromatic N) is 3. The van der Waals surface area contributed by atoms with Crippen LogP contribution in [0.5, 0.6) is 0 Å². The molecule has 0 N–H and O–H groups in total. The second-order valence-electron chi connectivity index (χ2n) is 5.80. The molecule has 0 unspecified atom stereocenters. The smallest absolute Gasteiger partial charge is 0.201 e. The first-order chi connectivity index (χ1) is 11.7. The molecule has 2 aromatic rings. The number of aromatic nitrogens is 1. The van der Waals surface area contributed by atoms with Gasteiger partial charge in [-0.25, -0.2) is 14.4 Å². The molecule has 24 heavy (non-hydrogen) atoms. The van der Waals surface area contributed by atoms with Crippen molar-refractivity contribution in [3.63, 3.8) is 0 Å². The number of para-hydroxylation sites is 1. The molecule has 1 saturated heterocycles. The minimum Gasteiger partial charge on any atom is -0.437 e. The molecule has 0 atom stereocenters. The van der Waals surface area contributed by atoms with Crippen molar-refractivity contribution < 1.29 is 18.3 Å². The normalized spacial score (nSPS) is 18.7. The average Bonchev–Trinajstić information content (AvgIpc) is 2.99. The zero-order valence-electron chi connectivity index (χ0n) is 13.0. The van der Waals surface area contributed by atoms with Crippen LogP contribution < -0.4 is 0 Å². The van der Waals surface area contributed by atoms with Crippen molar-refractivity contribution in [3.05, 3.63) is 41.8 Å². The van der Waals surface area contributed by atoms with Gasteiger partial charge in [-0.3, -0.25) is 4.79 Å². The van der Waals surface area contributed by atoms with Crippen molar-refractivity contribution >= 4 is 22.6 Å². The molecule has 1 aromatic carbocycles. The van der Waals surface area contributed by atoms with Gasteiger partial charge in [0.1, 0.15) is 11.3 Å². The Morgan fingerprint density at radius 3 is 2.88 bits per heavy atom. The van der Waals surface area contributed by atoms with Crippen molar-refractivity contribution in [1.29, 1.82) is 0 Å². The van der Waals surface area contributed by atoms with Crippen LogP contribution in [0.4, 0.5) is 4.39 Å². The molecular formula is C17H16FN3O3. The third kappa shape index (κ3) is 2.94. The fourth-order valence-corrected chi connectivity index (χ4v) is 2.90. The first-order valence-corrected chi connectivity index (χ1v) is 7.86. The number of fused-ring (bicyclic) bond motifs is 1. The summed E-state index contributed by atoms with van der Waals surface area (Å²) in [5.74, 6) is 0.585. The van der Waals surface area contributed by atoms with Gasteiger partial charge in [-0.05, 0) is 12.1 Å². The number of aliphatic imine (C=N–C) groups is 1. The minimum atomic E-state index is -0.443. The highest BCUT2D eigenvalue weighted by atomic mass is 19.1. The Bertz CT molecular complexity index is 850. The molecule has 1 fully saturated rings. The number of oxazole rings is 1. The molecule has 7 heteroatoms. The van der Waals surface area contributed by atoms with E-state index in [0.717, 1.165) is 0 Å². The van der Waals surface area contributed by atoms with Gasteiger partial charge in [0.25, 0.3) is 0 Å². The van der Waals surface area contributed by atoms with Gasteiger partial charge in [0.2, 0.25) is 5.89 Å². The molecule has 2 aliphatic heterocycles. The molecule has 0 amide bonds. The zero-order valence-corrected chi connectivity index (χ0v) is 13.0. The van der Waals surface area contributed by atoms with Gasteiger partial charge in [0.15, 0.2) is 17.2 Å². The molecule has 1 aromatic heterocycles. The lowest BCUT2D eigenvalue weighted by Crippen LogP contribution is -2.36. The van der Waals surface area contributed by atoms with Crippen molar-refractivity contribution in [1.82, 2.24) is 9.88 Å². The zero-order chi connectivity index (χ0) is 16.5. The maximum absolute atomic E-state index is 13.7. The van der Waals surface area contributed by atoms with Crippen molar-refractivity contribution in [3.8, 4) is 0 Å². The van der Waals surface area contributed by atoms with E-state index >= 15 is 0 Å². The number of allylic oxidation sites excluding steroid dienone is 1. The maximum Gasteiger partial charge on any atom is 0.201 e. The van der Waals surface area contributed by atoms with E-state index in [1.807, 2.05) is 4.90 Å². The molecular weight excluding hydrogens is 313 g/mol. The first-order valence-electron chi connectivity index (χ1n) is 7.86. The number of halogens is 1. The minimum absolute atomic E-state index is 0.00350. The molecule has 0 spiro atoms. The molecule has 0 bridgehead atoms. The van der Waals surface area contributed by atoms with Gasteiger partial charge < -0.3 is 14.1 Å². The molecule has 0 aliphatic carbocycles. The van der Waals surface area contributed by atoms with E-state index in [1.54, 1.807) is 18.2 Å². The summed E-state index contributed by atoms with van der Waals surface area (Å²) in [5.41, 5.74) is 1.28. The second kappa shape index (κ2) is 6.16. The van der Waals surface area contributed by atoms with Crippen LogP contribution in [0, 0.1) is 5.82 Å². The summed E-state index contributed by atoms with van der Waals surface area (Å²) >= 11 is 0. The quantitative estimate of drug-likeness (QED) is 0.862. The number of ether oxygens (including phenoxy) is 1. The topological polar surface area (TPSA) is 67.9 Å². The Morgan fingerprint density at radius 2 is 2.08 bits per heavy atom. The molecule has 0 radical (unpaired) electrons. The molecule has 3 heterocycles. The molecule has 2 aliphatic rings. The monoisotopic (exact) mass is 329 g/mol. The number of benzene rings is 1.